The van der Waals surface area contributed by atoms with Crippen LogP contribution in [0.1, 0.15) is 6.42 Å². The van der Waals surface area contributed by atoms with Crippen LogP contribution in [0.4, 0.5) is 3.89 Å². The Labute approximate surface area is 182 Å². The van der Waals surface area contributed by atoms with E-state index in [2.05, 4.69) is 0 Å². The first kappa shape index (κ1) is 29.9. The van der Waals surface area contributed by atoms with Crippen molar-refractivity contribution in [2.24, 2.45) is 5.73 Å². The van der Waals surface area contributed by atoms with Crippen LogP contribution in [0.3, 0.4) is 0 Å². The standard InChI is InChI=1S/C12H26FNO5S.C6H12O4/c13-20-12-11-19-10-9-18-8-7-17-6-5-16-4-3-15-2-1-14;7-3-5-6(9)4(8)1-2-10-5/h1-12,14H2;4-9H,1-3H2. The van der Waals surface area contributed by atoms with Gasteiger partial charge in [0.25, 0.3) is 0 Å². The zero-order chi connectivity index (χ0) is 22.3. The summed E-state index contributed by atoms with van der Waals surface area (Å²) < 4.78 is 42.7. The Balaban J connectivity index is 0.000000696. The van der Waals surface area contributed by atoms with Crippen molar-refractivity contribution < 1.29 is 47.6 Å². The van der Waals surface area contributed by atoms with Gasteiger partial charge < -0.3 is 49.5 Å². The third kappa shape index (κ3) is 18.6. The molecule has 1 rings (SSSR count). The number of halogens is 1. The van der Waals surface area contributed by atoms with Gasteiger partial charge in [-0.2, -0.15) is 3.89 Å². The third-order valence-electron chi connectivity index (χ3n) is 3.76. The molecule has 0 bridgehead atoms. The highest BCUT2D eigenvalue weighted by molar-refractivity contribution is 7.94. The predicted octanol–water partition coefficient (Wildman–Crippen LogP) is -0.865. The second-order valence-corrected chi connectivity index (χ2v) is 6.73. The van der Waals surface area contributed by atoms with Crippen LogP contribution in [0.5, 0.6) is 0 Å². The second kappa shape index (κ2) is 23.5. The molecular formula is C18H38FNO9S. The average molecular weight is 464 g/mol. The molecule has 1 aliphatic heterocycles. The maximum Gasteiger partial charge on any atom is 0.109 e. The van der Waals surface area contributed by atoms with Crippen molar-refractivity contribution >= 4 is 12.1 Å². The van der Waals surface area contributed by atoms with Crippen LogP contribution in [0.15, 0.2) is 0 Å². The van der Waals surface area contributed by atoms with Crippen LogP contribution in [0, 0.1) is 0 Å². The molecule has 10 nitrogen and oxygen atoms in total. The number of nitrogens with two attached hydrogens (primary N) is 1. The lowest BCUT2D eigenvalue weighted by atomic mass is 10.0. The van der Waals surface area contributed by atoms with Crippen molar-refractivity contribution in [2.45, 2.75) is 24.7 Å². The summed E-state index contributed by atoms with van der Waals surface area (Å²) in [4.78, 5) is 0. The smallest absolute Gasteiger partial charge is 0.109 e. The van der Waals surface area contributed by atoms with Crippen molar-refractivity contribution in [1.82, 2.24) is 0 Å². The maximum absolute atomic E-state index is 11.6. The number of hydrogen-bond acceptors (Lipinski definition) is 11. The molecule has 0 saturated carbocycles. The monoisotopic (exact) mass is 463 g/mol. The Bertz CT molecular complexity index is 333. The van der Waals surface area contributed by atoms with E-state index in [4.69, 9.17) is 49.5 Å². The van der Waals surface area contributed by atoms with Crippen LogP contribution in [0.2, 0.25) is 0 Å². The SMILES string of the molecule is NCCOCCOCCOCCOCCOCCSF.OCC1OCCC(O)C1O. The highest BCUT2D eigenvalue weighted by Gasteiger charge is 2.30. The number of rotatable bonds is 18. The van der Waals surface area contributed by atoms with E-state index < -0.39 is 18.3 Å². The average Bonchev–Trinajstić information content (AvgIpc) is 2.76. The normalized spacial score (nSPS) is 21.3. The Hall–Kier alpha value is -0.120. The fraction of sp³-hybridized carbons (Fsp3) is 1.00. The van der Waals surface area contributed by atoms with Gasteiger partial charge in [-0.1, -0.05) is 0 Å². The summed E-state index contributed by atoms with van der Waals surface area (Å²) in [5, 5.41) is 26.7. The summed E-state index contributed by atoms with van der Waals surface area (Å²) in [5.74, 6) is 0.361. The zero-order valence-electron chi connectivity index (χ0n) is 17.5. The number of hydrogen-bond donors (Lipinski definition) is 4. The van der Waals surface area contributed by atoms with Crippen molar-refractivity contribution in [3.8, 4) is 0 Å². The summed E-state index contributed by atoms with van der Waals surface area (Å²) in [7, 11) is 0. The summed E-state index contributed by atoms with van der Waals surface area (Å²) in [6, 6.07) is 0. The van der Waals surface area contributed by atoms with Gasteiger partial charge in [0.15, 0.2) is 0 Å². The lowest BCUT2D eigenvalue weighted by Gasteiger charge is -2.30. The number of aliphatic hydroxyl groups excluding tert-OH is 3. The molecule has 30 heavy (non-hydrogen) atoms. The largest absolute Gasteiger partial charge is 0.394 e. The molecular weight excluding hydrogens is 425 g/mol. The molecule has 3 unspecified atom stereocenters. The van der Waals surface area contributed by atoms with Crippen molar-refractivity contribution in [2.75, 3.05) is 91.6 Å². The molecule has 1 saturated heterocycles. The highest BCUT2D eigenvalue weighted by atomic mass is 32.2. The summed E-state index contributed by atoms with van der Waals surface area (Å²) in [6.07, 6.45) is -1.84. The van der Waals surface area contributed by atoms with Crippen molar-refractivity contribution in [1.29, 1.82) is 0 Å². The van der Waals surface area contributed by atoms with Crippen LogP contribution >= 0.6 is 12.1 Å². The Morgan fingerprint density at radius 2 is 1.30 bits per heavy atom. The molecule has 0 aromatic heterocycles. The molecule has 1 fully saturated rings. The molecule has 0 spiro atoms. The van der Waals surface area contributed by atoms with E-state index >= 15 is 0 Å². The predicted molar refractivity (Wildman–Crippen MR) is 110 cm³/mol. The lowest BCUT2D eigenvalue weighted by molar-refractivity contribution is -0.147. The van der Waals surface area contributed by atoms with Gasteiger partial charge in [0.1, 0.15) is 12.2 Å². The van der Waals surface area contributed by atoms with Crippen LogP contribution in [0.25, 0.3) is 0 Å². The van der Waals surface area contributed by atoms with Gasteiger partial charge in [-0.25, -0.2) is 0 Å². The summed E-state index contributed by atoms with van der Waals surface area (Å²) >= 11 is 0.277. The molecule has 5 N–H and O–H groups in total. The summed E-state index contributed by atoms with van der Waals surface area (Å²) in [5.41, 5.74) is 5.27. The number of aliphatic hydroxyl groups is 3. The van der Waals surface area contributed by atoms with Crippen LogP contribution in [-0.2, 0) is 28.4 Å². The van der Waals surface area contributed by atoms with Gasteiger partial charge >= 0.3 is 0 Å². The maximum atomic E-state index is 11.6. The van der Waals surface area contributed by atoms with Gasteiger partial charge in [-0.15, -0.1) is 0 Å². The van der Waals surface area contributed by atoms with Gasteiger partial charge in [0.2, 0.25) is 0 Å². The minimum Gasteiger partial charge on any atom is -0.394 e. The third-order valence-corrected chi connectivity index (χ3v) is 4.08. The zero-order valence-corrected chi connectivity index (χ0v) is 18.3. The van der Waals surface area contributed by atoms with Crippen molar-refractivity contribution in [3.05, 3.63) is 0 Å². The van der Waals surface area contributed by atoms with E-state index in [0.717, 1.165) is 0 Å². The molecule has 1 heterocycles. The van der Waals surface area contributed by atoms with Crippen molar-refractivity contribution in [3.63, 3.8) is 0 Å². The molecule has 182 valence electrons. The topological polar surface area (TPSA) is 142 Å². The van der Waals surface area contributed by atoms with Gasteiger partial charge in [-0.05, 0) is 6.42 Å². The van der Waals surface area contributed by atoms with E-state index in [0.29, 0.717) is 91.4 Å². The van der Waals surface area contributed by atoms with E-state index in [1.165, 1.54) is 0 Å². The van der Waals surface area contributed by atoms with E-state index in [-0.39, 0.29) is 18.8 Å². The molecule has 0 aromatic carbocycles. The minimum atomic E-state index is -0.932. The fourth-order valence-corrected chi connectivity index (χ4v) is 2.35. The van der Waals surface area contributed by atoms with E-state index in [1.54, 1.807) is 0 Å². The Kier molecular flexibility index (Phi) is 23.4. The Morgan fingerprint density at radius 3 is 1.70 bits per heavy atom. The van der Waals surface area contributed by atoms with Crippen LogP contribution < -0.4 is 5.73 Å². The first-order chi connectivity index (χ1) is 14.7. The van der Waals surface area contributed by atoms with E-state index in [9.17, 15) is 3.89 Å². The molecule has 0 radical (unpaired) electrons. The number of ether oxygens (including phenoxy) is 6. The molecule has 1 aliphatic rings. The quantitative estimate of drug-likeness (QED) is 0.189. The van der Waals surface area contributed by atoms with Gasteiger partial charge in [0, 0.05) is 31.1 Å². The van der Waals surface area contributed by atoms with Crippen LogP contribution in [-0.4, -0.2) is 125 Å². The second-order valence-electron chi connectivity index (χ2n) is 6.10. The van der Waals surface area contributed by atoms with Gasteiger partial charge in [0.05, 0.1) is 78.8 Å². The van der Waals surface area contributed by atoms with Gasteiger partial charge in [-0.3, -0.25) is 0 Å². The van der Waals surface area contributed by atoms with E-state index in [1.807, 2.05) is 0 Å². The lowest BCUT2D eigenvalue weighted by Crippen LogP contribution is -2.46. The molecule has 12 heteroatoms. The minimum absolute atomic E-state index is 0.238. The fourth-order valence-electron chi connectivity index (χ4n) is 2.17. The highest BCUT2D eigenvalue weighted by Crippen LogP contribution is 2.13. The molecule has 3 atom stereocenters. The Morgan fingerprint density at radius 1 is 0.833 bits per heavy atom. The first-order valence-electron chi connectivity index (χ1n) is 10.1. The molecule has 0 aromatic rings. The molecule has 0 aliphatic carbocycles. The first-order valence-corrected chi connectivity index (χ1v) is 11.0. The summed E-state index contributed by atoms with van der Waals surface area (Å²) in [6.45, 7) is 5.86. The molecule has 0 amide bonds.